The van der Waals surface area contributed by atoms with E-state index in [2.05, 4.69) is 20.2 Å². The molecule has 1 N–H and O–H groups in total. The number of para-hydroxylation sites is 1. The number of amides is 1. The summed E-state index contributed by atoms with van der Waals surface area (Å²) in [7, 11) is 5.10. The maximum Gasteiger partial charge on any atom is 0.230 e. The van der Waals surface area contributed by atoms with E-state index in [0.717, 1.165) is 43.7 Å². The van der Waals surface area contributed by atoms with E-state index in [-0.39, 0.29) is 11.3 Å². The topological polar surface area (TPSA) is 79.8 Å². The van der Waals surface area contributed by atoms with Gasteiger partial charge in [0.1, 0.15) is 5.82 Å². The third-order valence-electron chi connectivity index (χ3n) is 6.21. The molecular formula is C22H29N5O3. The molecule has 8 heteroatoms. The van der Waals surface area contributed by atoms with Gasteiger partial charge in [0.15, 0.2) is 11.5 Å². The third-order valence-corrected chi connectivity index (χ3v) is 6.21. The Balaban J connectivity index is 1.53. The highest BCUT2D eigenvalue weighted by Crippen LogP contribution is 2.42. The molecule has 1 aromatic carbocycles. The highest BCUT2D eigenvalue weighted by Gasteiger charge is 2.49. The summed E-state index contributed by atoms with van der Waals surface area (Å²) in [5.74, 6) is 3.05. The van der Waals surface area contributed by atoms with Crippen molar-refractivity contribution >= 4 is 17.7 Å². The van der Waals surface area contributed by atoms with E-state index in [0.29, 0.717) is 30.5 Å². The van der Waals surface area contributed by atoms with E-state index in [1.54, 1.807) is 20.4 Å². The lowest BCUT2D eigenvalue weighted by Gasteiger charge is -2.39. The van der Waals surface area contributed by atoms with Crippen molar-refractivity contribution in [2.75, 3.05) is 51.1 Å². The lowest BCUT2D eigenvalue weighted by atomic mass is 9.78. The van der Waals surface area contributed by atoms with E-state index in [9.17, 15) is 4.79 Å². The normalized spacial score (nSPS) is 21.2. The molecule has 0 bridgehead atoms. The van der Waals surface area contributed by atoms with Crippen molar-refractivity contribution in [1.29, 1.82) is 0 Å². The summed E-state index contributed by atoms with van der Waals surface area (Å²) in [6, 6.07) is 7.64. The van der Waals surface area contributed by atoms with Gasteiger partial charge in [0.25, 0.3) is 0 Å². The van der Waals surface area contributed by atoms with Crippen LogP contribution in [0.4, 0.5) is 11.8 Å². The van der Waals surface area contributed by atoms with Crippen molar-refractivity contribution in [3.8, 4) is 11.5 Å². The molecule has 2 saturated heterocycles. The van der Waals surface area contributed by atoms with E-state index in [1.165, 1.54) is 0 Å². The van der Waals surface area contributed by atoms with Gasteiger partial charge in [0.2, 0.25) is 11.9 Å². The van der Waals surface area contributed by atoms with E-state index in [4.69, 9.17) is 9.47 Å². The molecule has 3 heterocycles. The van der Waals surface area contributed by atoms with E-state index < -0.39 is 0 Å². The smallest absolute Gasteiger partial charge is 0.230 e. The molecule has 30 heavy (non-hydrogen) atoms. The Morgan fingerprint density at radius 1 is 1.17 bits per heavy atom. The van der Waals surface area contributed by atoms with Crippen LogP contribution in [0.3, 0.4) is 0 Å². The highest BCUT2D eigenvalue weighted by molar-refractivity contribution is 5.85. The van der Waals surface area contributed by atoms with Gasteiger partial charge in [-0.15, -0.1) is 0 Å². The Morgan fingerprint density at radius 2 is 2.03 bits per heavy atom. The summed E-state index contributed by atoms with van der Waals surface area (Å²) in [5, 5.41) is 3.05. The van der Waals surface area contributed by atoms with Crippen LogP contribution in [0.2, 0.25) is 0 Å². The molecule has 1 amide bonds. The Hall–Kier alpha value is -3.03. The predicted octanol–water partition coefficient (Wildman–Crippen LogP) is 2.55. The summed E-state index contributed by atoms with van der Waals surface area (Å²) in [4.78, 5) is 26.7. The second-order valence-electron chi connectivity index (χ2n) is 7.93. The van der Waals surface area contributed by atoms with Crippen molar-refractivity contribution < 1.29 is 14.3 Å². The third kappa shape index (κ3) is 3.62. The summed E-state index contributed by atoms with van der Waals surface area (Å²) in [6.07, 6.45) is 4.47. The van der Waals surface area contributed by atoms with Gasteiger partial charge < -0.3 is 24.6 Å². The van der Waals surface area contributed by atoms with Gasteiger partial charge in [-0.05, 0) is 31.4 Å². The number of aromatic nitrogens is 2. The van der Waals surface area contributed by atoms with Crippen molar-refractivity contribution in [2.24, 2.45) is 5.41 Å². The largest absolute Gasteiger partial charge is 0.493 e. The summed E-state index contributed by atoms with van der Waals surface area (Å²) in [5.41, 5.74) is 0.589. The average molecular weight is 412 g/mol. The molecular weight excluding hydrogens is 382 g/mol. The van der Waals surface area contributed by atoms with Gasteiger partial charge in [-0.2, -0.15) is 4.98 Å². The number of ether oxygens (including phenoxy) is 2. The first-order valence-corrected chi connectivity index (χ1v) is 10.4. The van der Waals surface area contributed by atoms with Crippen molar-refractivity contribution in [2.45, 2.75) is 25.8 Å². The van der Waals surface area contributed by atoms with Crippen molar-refractivity contribution in [3.05, 3.63) is 36.0 Å². The molecule has 0 radical (unpaired) electrons. The molecule has 2 aliphatic heterocycles. The second-order valence-corrected chi connectivity index (χ2v) is 7.93. The monoisotopic (exact) mass is 411 g/mol. The molecule has 160 valence electrons. The molecule has 2 aromatic rings. The zero-order valence-electron chi connectivity index (χ0n) is 17.9. The number of rotatable bonds is 6. The fourth-order valence-electron chi connectivity index (χ4n) is 4.65. The van der Waals surface area contributed by atoms with E-state index in [1.807, 2.05) is 36.2 Å². The second kappa shape index (κ2) is 8.38. The molecule has 1 spiro atoms. The SMILES string of the molecule is CNc1ccnc(N2CCC3(CCCN(Cc4cccc(OC)c4OC)C3=O)C2)n1. The first-order valence-electron chi connectivity index (χ1n) is 10.4. The minimum Gasteiger partial charge on any atom is -0.493 e. The lowest BCUT2D eigenvalue weighted by Crippen LogP contribution is -2.49. The van der Waals surface area contributed by atoms with Crippen LogP contribution in [0.5, 0.6) is 11.5 Å². The van der Waals surface area contributed by atoms with Crippen LogP contribution in [0.15, 0.2) is 30.5 Å². The highest BCUT2D eigenvalue weighted by atomic mass is 16.5. The standard InChI is InChI=1S/C22H29N5O3/c1-23-18-8-11-24-21(25-18)27-13-10-22(15-27)9-5-12-26(20(22)28)14-16-6-4-7-17(29-2)19(16)30-3/h4,6-8,11H,5,9-10,12-15H2,1-3H3,(H,23,24,25). The maximum absolute atomic E-state index is 13.6. The number of piperidine rings is 1. The van der Waals surface area contributed by atoms with Crippen LogP contribution in [-0.2, 0) is 11.3 Å². The van der Waals surface area contributed by atoms with Crippen molar-refractivity contribution in [3.63, 3.8) is 0 Å². The van der Waals surface area contributed by atoms with Crippen molar-refractivity contribution in [1.82, 2.24) is 14.9 Å². The number of hydrogen-bond acceptors (Lipinski definition) is 7. The molecule has 4 rings (SSSR count). The number of benzene rings is 1. The fraction of sp³-hybridized carbons (Fsp3) is 0.500. The molecule has 0 aliphatic carbocycles. The first-order chi connectivity index (χ1) is 14.6. The first kappa shape index (κ1) is 20.3. The van der Waals surface area contributed by atoms with Crippen LogP contribution in [-0.4, -0.2) is 61.7 Å². The van der Waals surface area contributed by atoms with E-state index >= 15 is 0 Å². The van der Waals surface area contributed by atoms with Gasteiger partial charge in [-0.25, -0.2) is 4.98 Å². The van der Waals surface area contributed by atoms with Crippen LogP contribution in [0.25, 0.3) is 0 Å². The summed E-state index contributed by atoms with van der Waals surface area (Å²) in [6.45, 7) is 2.72. The number of anilines is 2. The Bertz CT molecular complexity index is 921. The Morgan fingerprint density at radius 3 is 2.80 bits per heavy atom. The quantitative estimate of drug-likeness (QED) is 0.782. The molecule has 8 nitrogen and oxygen atoms in total. The number of nitrogens with one attached hydrogen (secondary N) is 1. The fourth-order valence-corrected chi connectivity index (χ4v) is 4.65. The van der Waals surface area contributed by atoms with Gasteiger partial charge >= 0.3 is 0 Å². The zero-order valence-corrected chi connectivity index (χ0v) is 17.9. The summed E-state index contributed by atoms with van der Waals surface area (Å²) >= 11 is 0. The predicted molar refractivity (Wildman–Crippen MR) is 115 cm³/mol. The maximum atomic E-state index is 13.6. The van der Waals surface area contributed by atoms with Gasteiger partial charge in [0, 0.05) is 45.0 Å². The van der Waals surface area contributed by atoms with Crippen LogP contribution in [0, 0.1) is 5.41 Å². The zero-order chi connectivity index (χ0) is 21.1. The number of carbonyl (C=O) groups is 1. The molecule has 1 aromatic heterocycles. The number of carbonyl (C=O) groups excluding carboxylic acids is 1. The number of likely N-dealkylation sites (tertiary alicyclic amines) is 1. The number of hydrogen-bond donors (Lipinski definition) is 1. The molecule has 2 fully saturated rings. The van der Waals surface area contributed by atoms with Gasteiger partial charge in [0.05, 0.1) is 19.6 Å². The van der Waals surface area contributed by atoms with Crippen LogP contribution < -0.4 is 19.7 Å². The molecule has 1 atom stereocenters. The minimum atomic E-state index is -0.372. The molecule has 2 aliphatic rings. The Kier molecular flexibility index (Phi) is 5.65. The Labute approximate surface area is 177 Å². The average Bonchev–Trinajstić information content (AvgIpc) is 3.22. The van der Waals surface area contributed by atoms with Crippen LogP contribution in [0.1, 0.15) is 24.8 Å². The lowest BCUT2D eigenvalue weighted by molar-refractivity contribution is -0.145. The van der Waals surface area contributed by atoms with Gasteiger partial charge in [-0.1, -0.05) is 12.1 Å². The number of nitrogens with zero attached hydrogens (tertiary/aromatic N) is 4. The van der Waals surface area contributed by atoms with Gasteiger partial charge in [-0.3, -0.25) is 4.79 Å². The molecule has 1 unspecified atom stereocenters. The minimum absolute atomic E-state index is 0.214. The van der Waals surface area contributed by atoms with Crippen LogP contribution >= 0.6 is 0 Å². The number of methoxy groups -OCH3 is 2. The summed E-state index contributed by atoms with van der Waals surface area (Å²) < 4.78 is 11.0. The molecule has 0 saturated carbocycles.